The van der Waals surface area contributed by atoms with Crippen LogP contribution in [0.2, 0.25) is 0 Å². The number of hydrogen-bond acceptors (Lipinski definition) is 1. The minimum absolute atomic E-state index is 0.832. The largest absolute Gasteiger partial charge is 0.314 e. The highest BCUT2D eigenvalue weighted by Gasteiger charge is 2.19. The Morgan fingerprint density at radius 1 is 1.31 bits per heavy atom. The summed E-state index contributed by atoms with van der Waals surface area (Å²) in [5.41, 5.74) is 1.36. The van der Waals surface area contributed by atoms with Crippen molar-refractivity contribution in [2.45, 2.75) is 31.7 Å². The standard InChI is InChI=1S/C14H18BrN/c15-13-7-4-6-12(11-13)5-2-1-3-10-16-14-8-9-14/h1-2,4,6-7,11,14,16H,3,5,8-10H2. The Morgan fingerprint density at radius 2 is 2.19 bits per heavy atom. The van der Waals surface area contributed by atoms with E-state index in [0.29, 0.717) is 0 Å². The molecule has 2 rings (SSSR count). The van der Waals surface area contributed by atoms with Crippen LogP contribution >= 0.6 is 15.9 Å². The maximum absolute atomic E-state index is 3.51. The van der Waals surface area contributed by atoms with Crippen molar-refractivity contribution in [3.63, 3.8) is 0 Å². The molecule has 0 bridgehead atoms. The lowest BCUT2D eigenvalue weighted by Gasteiger charge is -1.98. The van der Waals surface area contributed by atoms with Crippen molar-refractivity contribution in [2.75, 3.05) is 6.54 Å². The molecule has 0 aliphatic heterocycles. The molecule has 0 atom stereocenters. The van der Waals surface area contributed by atoms with E-state index in [1.54, 1.807) is 0 Å². The molecular weight excluding hydrogens is 262 g/mol. The third-order valence-corrected chi connectivity index (χ3v) is 3.22. The maximum atomic E-state index is 3.51. The van der Waals surface area contributed by atoms with Crippen LogP contribution in [0.15, 0.2) is 40.9 Å². The first-order chi connectivity index (χ1) is 7.84. The van der Waals surface area contributed by atoms with Crippen molar-refractivity contribution in [3.05, 3.63) is 46.5 Å². The zero-order valence-corrected chi connectivity index (χ0v) is 11.0. The monoisotopic (exact) mass is 279 g/mol. The van der Waals surface area contributed by atoms with Crippen molar-refractivity contribution in [1.82, 2.24) is 5.32 Å². The second-order valence-corrected chi connectivity index (χ2v) is 5.24. The molecule has 0 spiro atoms. The van der Waals surface area contributed by atoms with Crippen molar-refractivity contribution in [1.29, 1.82) is 0 Å². The summed E-state index contributed by atoms with van der Waals surface area (Å²) in [7, 11) is 0. The Balaban J connectivity index is 1.63. The van der Waals surface area contributed by atoms with E-state index in [1.165, 1.54) is 18.4 Å². The van der Waals surface area contributed by atoms with E-state index >= 15 is 0 Å². The van der Waals surface area contributed by atoms with Gasteiger partial charge in [0, 0.05) is 10.5 Å². The summed E-state index contributed by atoms with van der Waals surface area (Å²) >= 11 is 3.48. The fourth-order valence-corrected chi connectivity index (χ4v) is 2.11. The molecule has 1 saturated carbocycles. The quantitative estimate of drug-likeness (QED) is 0.619. The first kappa shape index (κ1) is 11.9. The summed E-state index contributed by atoms with van der Waals surface area (Å²) in [5.74, 6) is 0. The second-order valence-electron chi connectivity index (χ2n) is 4.32. The van der Waals surface area contributed by atoms with Gasteiger partial charge in [0.15, 0.2) is 0 Å². The first-order valence-corrected chi connectivity index (χ1v) is 6.77. The van der Waals surface area contributed by atoms with Crippen LogP contribution in [0.1, 0.15) is 24.8 Å². The molecule has 2 heteroatoms. The molecule has 1 aromatic rings. The fraction of sp³-hybridized carbons (Fsp3) is 0.429. The number of benzene rings is 1. The van der Waals surface area contributed by atoms with Gasteiger partial charge in [-0.15, -0.1) is 0 Å². The van der Waals surface area contributed by atoms with Gasteiger partial charge in [-0.25, -0.2) is 0 Å². The fourth-order valence-electron chi connectivity index (χ4n) is 1.66. The van der Waals surface area contributed by atoms with E-state index in [9.17, 15) is 0 Å². The van der Waals surface area contributed by atoms with Gasteiger partial charge in [0.05, 0.1) is 0 Å². The van der Waals surface area contributed by atoms with Crippen molar-refractivity contribution >= 4 is 15.9 Å². The molecule has 0 unspecified atom stereocenters. The Kier molecular flexibility index (Phi) is 4.61. The van der Waals surface area contributed by atoms with E-state index in [1.807, 2.05) is 0 Å². The van der Waals surface area contributed by atoms with E-state index < -0.39 is 0 Å². The highest BCUT2D eigenvalue weighted by atomic mass is 79.9. The van der Waals surface area contributed by atoms with Gasteiger partial charge in [0.25, 0.3) is 0 Å². The number of hydrogen-bond donors (Lipinski definition) is 1. The van der Waals surface area contributed by atoms with Crippen LogP contribution in [-0.2, 0) is 6.42 Å². The summed E-state index contributed by atoms with van der Waals surface area (Å²) in [5, 5.41) is 3.51. The predicted octanol–water partition coefficient (Wildman–Crippen LogP) is 3.69. The van der Waals surface area contributed by atoms with Crippen LogP contribution in [-0.4, -0.2) is 12.6 Å². The average molecular weight is 280 g/mol. The van der Waals surface area contributed by atoms with Crippen molar-refractivity contribution in [3.8, 4) is 0 Å². The maximum Gasteiger partial charge on any atom is 0.0178 e. The van der Waals surface area contributed by atoms with Gasteiger partial charge in [-0.1, -0.05) is 40.2 Å². The molecule has 1 nitrogen and oxygen atoms in total. The molecule has 0 aromatic heterocycles. The Labute approximate surface area is 106 Å². The molecular formula is C14H18BrN. The zero-order chi connectivity index (χ0) is 11.2. The Hall–Kier alpha value is -0.600. The lowest BCUT2D eigenvalue weighted by molar-refractivity contribution is 0.690. The lowest BCUT2D eigenvalue weighted by atomic mass is 10.1. The van der Waals surface area contributed by atoms with Gasteiger partial charge in [0.1, 0.15) is 0 Å². The van der Waals surface area contributed by atoms with E-state index in [2.05, 4.69) is 57.7 Å². The van der Waals surface area contributed by atoms with Gasteiger partial charge in [0.2, 0.25) is 0 Å². The van der Waals surface area contributed by atoms with Crippen LogP contribution in [0.3, 0.4) is 0 Å². The van der Waals surface area contributed by atoms with Crippen LogP contribution in [0.25, 0.3) is 0 Å². The topological polar surface area (TPSA) is 12.0 Å². The molecule has 86 valence electrons. The van der Waals surface area contributed by atoms with Gasteiger partial charge < -0.3 is 5.32 Å². The number of nitrogens with one attached hydrogen (secondary N) is 1. The third-order valence-electron chi connectivity index (χ3n) is 2.73. The molecule has 0 heterocycles. The first-order valence-electron chi connectivity index (χ1n) is 5.97. The highest BCUT2D eigenvalue weighted by Crippen LogP contribution is 2.18. The minimum atomic E-state index is 0.832. The smallest absolute Gasteiger partial charge is 0.0178 e. The minimum Gasteiger partial charge on any atom is -0.314 e. The lowest BCUT2D eigenvalue weighted by Crippen LogP contribution is -2.16. The molecule has 1 fully saturated rings. The van der Waals surface area contributed by atoms with E-state index in [4.69, 9.17) is 0 Å². The molecule has 1 aromatic carbocycles. The van der Waals surface area contributed by atoms with Crippen LogP contribution in [0.4, 0.5) is 0 Å². The molecule has 1 aliphatic rings. The Bertz CT molecular complexity index is 356. The van der Waals surface area contributed by atoms with E-state index in [-0.39, 0.29) is 0 Å². The van der Waals surface area contributed by atoms with Crippen LogP contribution in [0.5, 0.6) is 0 Å². The van der Waals surface area contributed by atoms with Crippen LogP contribution < -0.4 is 5.32 Å². The Morgan fingerprint density at radius 3 is 2.94 bits per heavy atom. The summed E-state index contributed by atoms with van der Waals surface area (Å²) in [4.78, 5) is 0. The van der Waals surface area contributed by atoms with Gasteiger partial charge in [-0.2, -0.15) is 0 Å². The molecule has 0 amide bonds. The van der Waals surface area contributed by atoms with Crippen molar-refractivity contribution in [2.24, 2.45) is 0 Å². The number of rotatable bonds is 6. The normalized spacial score (nSPS) is 15.8. The number of allylic oxidation sites excluding steroid dienone is 1. The summed E-state index contributed by atoms with van der Waals surface area (Å²) in [6.07, 6.45) is 9.46. The van der Waals surface area contributed by atoms with E-state index in [0.717, 1.165) is 29.9 Å². The average Bonchev–Trinajstić information content (AvgIpc) is 3.07. The van der Waals surface area contributed by atoms with Crippen molar-refractivity contribution < 1.29 is 0 Å². The number of halogens is 1. The summed E-state index contributed by atoms with van der Waals surface area (Å²) in [6.45, 7) is 1.12. The molecule has 0 radical (unpaired) electrons. The highest BCUT2D eigenvalue weighted by molar-refractivity contribution is 9.10. The molecule has 16 heavy (non-hydrogen) atoms. The summed E-state index contributed by atoms with van der Waals surface area (Å²) < 4.78 is 1.16. The zero-order valence-electron chi connectivity index (χ0n) is 9.45. The molecule has 1 aliphatic carbocycles. The van der Waals surface area contributed by atoms with Gasteiger partial charge in [-0.05, 0) is 49.9 Å². The molecule has 1 N–H and O–H groups in total. The van der Waals surface area contributed by atoms with Crippen LogP contribution in [0, 0.1) is 0 Å². The van der Waals surface area contributed by atoms with Gasteiger partial charge >= 0.3 is 0 Å². The third kappa shape index (κ3) is 4.50. The summed E-state index contributed by atoms with van der Waals surface area (Å²) in [6, 6.07) is 9.32. The second kappa shape index (κ2) is 6.21. The predicted molar refractivity (Wildman–Crippen MR) is 72.6 cm³/mol. The van der Waals surface area contributed by atoms with Gasteiger partial charge in [-0.3, -0.25) is 0 Å². The molecule has 0 saturated heterocycles. The SMILES string of the molecule is Brc1cccc(CC=CCCNC2CC2)c1.